The molecule has 1 aliphatic rings. The first-order chi connectivity index (χ1) is 7.91. The molecule has 17 heavy (non-hydrogen) atoms. The molecule has 0 aliphatic carbocycles. The van der Waals surface area contributed by atoms with Gasteiger partial charge in [-0.25, -0.2) is 0 Å². The fourth-order valence-electron chi connectivity index (χ4n) is 2.06. The number of nitrogens with zero attached hydrogens (tertiary/aromatic N) is 2. The van der Waals surface area contributed by atoms with Gasteiger partial charge in [0.15, 0.2) is 0 Å². The van der Waals surface area contributed by atoms with Crippen LogP contribution in [-0.2, 0) is 4.79 Å². The molecule has 1 aromatic carbocycles. The van der Waals surface area contributed by atoms with Crippen LogP contribution >= 0.6 is 0 Å². The van der Waals surface area contributed by atoms with E-state index in [0.717, 1.165) is 17.9 Å². The minimum atomic E-state index is -0.830. The maximum absolute atomic E-state index is 12.3. The van der Waals surface area contributed by atoms with E-state index in [9.17, 15) is 4.79 Å². The monoisotopic (exact) mass is 233 g/mol. The molecule has 4 heteroatoms. The number of fused-ring (bicyclic) bond motifs is 1. The van der Waals surface area contributed by atoms with E-state index in [4.69, 9.17) is 5.73 Å². The van der Waals surface area contributed by atoms with Crippen molar-refractivity contribution in [1.29, 1.82) is 0 Å². The van der Waals surface area contributed by atoms with Crippen LogP contribution in [0.2, 0.25) is 0 Å². The Morgan fingerprint density at radius 3 is 2.41 bits per heavy atom. The molecule has 0 atom stereocenters. The smallest absolute Gasteiger partial charge is 0.246 e. The van der Waals surface area contributed by atoms with Crippen LogP contribution in [0, 0.1) is 0 Å². The molecule has 1 amide bonds. The number of nitrogens with two attached hydrogens (primary N) is 1. The SMILES string of the molecule is CN1CCN(C(=O)C(C)(C)N)c2ccccc21. The summed E-state index contributed by atoms with van der Waals surface area (Å²) in [7, 11) is 2.04. The highest BCUT2D eigenvalue weighted by Crippen LogP contribution is 2.32. The number of hydrogen-bond donors (Lipinski definition) is 1. The number of benzene rings is 1. The average molecular weight is 233 g/mol. The highest BCUT2D eigenvalue weighted by Gasteiger charge is 2.32. The highest BCUT2D eigenvalue weighted by atomic mass is 16.2. The van der Waals surface area contributed by atoms with Crippen molar-refractivity contribution in [3.63, 3.8) is 0 Å². The molecular weight excluding hydrogens is 214 g/mol. The number of likely N-dealkylation sites (N-methyl/N-ethyl adjacent to an activating group) is 1. The molecule has 0 saturated heterocycles. The molecule has 4 nitrogen and oxygen atoms in total. The third-order valence-corrected chi connectivity index (χ3v) is 3.04. The summed E-state index contributed by atoms with van der Waals surface area (Å²) in [5.74, 6) is -0.0296. The minimum Gasteiger partial charge on any atom is -0.371 e. The molecule has 2 rings (SSSR count). The van der Waals surface area contributed by atoms with Crippen molar-refractivity contribution >= 4 is 17.3 Å². The van der Waals surface area contributed by atoms with Gasteiger partial charge in [-0.05, 0) is 26.0 Å². The molecule has 2 N–H and O–H groups in total. The molecule has 1 heterocycles. The van der Waals surface area contributed by atoms with Gasteiger partial charge in [0.1, 0.15) is 0 Å². The predicted octanol–water partition coefficient (Wildman–Crippen LogP) is 1.21. The lowest BCUT2D eigenvalue weighted by molar-refractivity contribution is -0.122. The zero-order chi connectivity index (χ0) is 12.6. The summed E-state index contributed by atoms with van der Waals surface area (Å²) in [5, 5.41) is 0. The van der Waals surface area contributed by atoms with Gasteiger partial charge in [0, 0.05) is 20.1 Å². The Hall–Kier alpha value is -1.55. The quantitative estimate of drug-likeness (QED) is 0.793. The van der Waals surface area contributed by atoms with E-state index in [0.29, 0.717) is 6.54 Å². The Bertz CT molecular complexity index is 437. The summed E-state index contributed by atoms with van der Waals surface area (Å²) in [4.78, 5) is 16.2. The number of amides is 1. The zero-order valence-corrected chi connectivity index (χ0v) is 10.6. The lowest BCUT2D eigenvalue weighted by Gasteiger charge is -2.38. The molecule has 92 valence electrons. The van der Waals surface area contributed by atoms with Crippen LogP contribution in [0.5, 0.6) is 0 Å². The molecule has 0 unspecified atom stereocenters. The van der Waals surface area contributed by atoms with Crippen molar-refractivity contribution in [2.24, 2.45) is 5.73 Å². The average Bonchev–Trinajstić information content (AvgIpc) is 2.28. The van der Waals surface area contributed by atoms with Gasteiger partial charge in [0.25, 0.3) is 0 Å². The van der Waals surface area contributed by atoms with Crippen molar-refractivity contribution in [2.45, 2.75) is 19.4 Å². The third-order valence-electron chi connectivity index (χ3n) is 3.04. The second kappa shape index (κ2) is 4.04. The van der Waals surface area contributed by atoms with Gasteiger partial charge in [-0.15, -0.1) is 0 Å². The Morgan fingerprint density at radius 2 is 1.82 bits per heavy atom. The number of anilines is 2. The topological polar surface area (TPSA) is 49.6 Å². The van der Waals surface area contributed by atoms with Gasteiger partial charge in [0.2, 0.25) is 5.91 Å². The summed E-state index contributed by atoms with van der Waals surface area (Å²) < 4.78 is 0. The van der Waals surface area contributed by atoms with E-state index < -0.39 is 5.54 Å². The number of rotatable bonds is 1. The van der Waals surface area contributed by atoms with Gasteiger partial charge in [-0.1, -0.05) is 12.1 Å². The van der Waals surface area contributed by atoms with E-state index in [1.807, 2.05) is 31.3 Å². The van der Waals surface area contributed by atoms with Crippen LogP contribution in [0.15, 0.2) is 24.3 Å². The van der Waals surface area contributed by atoms with E-state index in [2.05, 4.69) is 4.90 Å². The lowest BCUT2D eigenvalue weighted by atomic mass is 10.0. The summed E-state index contributed by atoms with van der Waals surface area (Å²) >= 11 is 0. The second-order valence-electron chi connectivity index (χ2n) is 5.09. The van der Waals surface area contributed by atoms with Crippen molar-refractivity contribution in [2.75, 3.05) is 29.9 Å². The summed E-state index contributed by atoms with van der Waals surface area (Å²) in [6.07, 6.45) is 0. The molecule has 0 bridgehead atoms. The van der Waals surface area contributed by atoms with Crippen LogP contribution in [0.1, 0.15) is 13.8 Å². The number of carbonyl (C=O) groups excluding carboxylic acids is 1. The molecular formula is C13H19N3O. The Kier molecular flexibility index (Phi) is 2.83. The van der Waals surface area contributed by atoms with Gasteiger partial charge in [-0.2, -0.15) is 0 Å². The summed E-state index contributed by atoms with van der Waals surface area (Å²) in [6, 6.07) is 7.92. The van der Waals surface area contributed by atoms with Gasteiger partial charge in [-0.3, -0.25) is 4.79 Å². The zero-order valence-electron chi connectivity index (χ0n) is 10.6. The molecule has 0 aromatic heterocycles. The molecule has 1 aliphatic heterocycles. The van der Waals surface area contributed by atoms with E-state index in [-0.39, 0.29) is 5.91 Å². The van der Waals surface area contributed by atoms with Crippen LogP contribution in [0.3, 0.4) is 0 Å². The fourth-order valence-corrected chi connectivity index (χ4v) is 2.06. The minimum absolute atomic E-state index is 0.0296. The lowest BCUT2D eigenvalue weighted by Crippen LogP contribution is -2.54. The Labute approximate surface area is 102 Å². The van der Waals surface area contributed by atoms with E-state index in [1.165, 1.54) is 0 Å². The molecule has 0 saturated carbocycles. The van der Waals surface area contributed by atoms with Gasteiger partial charge < -0.3 is 15.5 Å². The van der Waals surface area contributed by atoms with Crippen molar-refractivity contribution in [3.05, 3.63) is 24.3 Å². The predicted molar refractivity (Wildman–Crippen MR) is 70.3 cm³/mol. The largest absolute Gasteiger partial charge is 0.371 e. The molecule has 1 aromatic rings. The van der Waals surface area contributed by atoms with Crippen LogP contribution in [0.4, 0.5) is 11.4 Å². The third kappa shape index (κ3) is 2.13. The van der Waals surface area contributed by atoms with Gasteiger partial charge >= 0.3 is 0 Å². The summed E-state index contributed by atoms with van der Waals surface area (Å²) in [5.41, 5.74) is 7.10. The number of para-hydroxylation sites is 2. The van der Waals surface area contributed by atoms with E-state index >= 15 is 0 Å². The van der Waals surface area contributed by atoms with E-state index in [1.54, 1.807) is 18.7 Å². The first-order valence-electron chi connectivity index (χ1n) is 5.82. The maximum Gasteiger partial charge on any atom is 0.246 e. The van der Waals surface area contributed by atoms with Crippen molar-refractivity contribution < 1.29 is 4.79 Å². The maximum atomic E-state index is 12.3. The molecule has 0 spiro atoms. The number of hydrogen-bond acceptors (Lipinski definition) is 3. The van der Waals surface area contributed by atoms with Crippen molar-refractivity contribution in [3.8, 4) is 0 Å². The van der Waals surface area contributed by atoms with Crippen LogP contribution in [0.25, 0.3) is 0 Å². The molecule has 0 fully saturated rings. The van der Waals surface area contributed by atoms with Gasteiger partial charge in [0.05, 0.1) is 16.9 Å². The molecule has 0 radical (unpaired) electrons. The number of carbonyl (C=O) groups is 1. The Balaban J connectivity index is 2.40. The first kappa shape index (κ1) is 11.9. The standard InChI is InChI=1S/C13H19N3O/c1-13(2,14)12(17)16-9-8-15(3)10-6-4-5-7-11(10)16/h4-7H,8-9,14H2,1-3H3. The van der Waals surface area contributed by atoms with Crippen LogP contribution in [-0.4, -0.2) is 31.6 Å². The normalized spacial score (nSPS) is 15.8. The Morgan fingerprint density at radius 1 is 1.24 bits per heavy atom. The first-order valence-corrected chi connectivity index (χ1v) is 5.82. The van der Waals surface area contributed by atoms with Crippen molar-refractivity contribution in [1.82, 2.24) is 0 Å². The van der Waals surface area contributed by atoms with Crippen LogP contribution < -0.4 is 15.5 Å². The highest BCUT2D eigenvalue weighted by molar-refractivity contribution is 6.02. The summed E-state index contributed by atoms with van der Waals surface area (Å²) in [6.45, 7) is 5.01. The fraction of sp³-hybridized carbons (Fsp3) is 0.462. The second-order valence-corrected chi connectivity index (χ2v) is 5.09.